The Balaban J connectivity index is 2.74. The Morgan fingerprint density at radius 3 is 2.29 bits per heavy atom. The highest BCUT2D eigenvalue weighted by atomic mass is 35.7. The molecule has 0 N–H and O–H groups in total. The highest BCUT2D eigenvalue weighted by Gasteiger charge is 2.28. The smallest absolute Gasteiger partial charge is 0.220 e. The Morgan fingerprint density at radius 1 is 1.24 bits per heavy atom. The molecule has 0 aliphatic carbocycles. The minimum absolute atomic E-state index is 0.0476. The minimum Gasteiger partial charge on any atom is -0.220 e. The van der Waals surface area contributed by atoms with Crippen molar-refractivity contribution in [3.8, 4) is 5.69 Å². The molecule has 114 valence electrons. The van der Waals surface area contributed by atoms with Crippen molar-refractivity contribution in [3.05, 3.63) is 39.6 Å². The lowest BCUT2D eigenvalue weighted by Gasteiger charge is -2.05. The van der Waals surface area contributed by atoms with Crippen LogP contribution in [0.25, 0.3) is 5.69 Å². The van der Waals surface area contributed by atoms with Gasteiger partial charge >= 0.3 is 0 Å². The van der Waals surface area contributed by atoms with Gasteiger partial charge < -0.3 is 0 Å². The monoisotopic (exact) mass is 366 g/mol. The van der Waals surface area contributed by atoms with Crippen LogP contribution in [0.1, 0.15) is 31.0 Å². The third-order valence-corrected chi connectivity index (χ3v) is 5.23. The first-order valence-corrected chi connectivity index (χ1v) is 9.19. The van der Waals surface area contributed by atoms with Crippen molar-refractivity contribution in [2.75, 3.05) is 0 Å². The summed E-state index contributed by atoms with van der Waals surface area (Å²) in [5, 5.41) is 4.77. The molecule has 0 aliphatic rings. The summed E-state index contributed by atoms with van der Waals surface area (Å²) < 4.78 is 24.8. The van der Waals surface area contributed by atoms with Crippen molar-refractivity contribution < 1.29 is 8.42 Å². The second-order valence-electron chi connectivity index (χ2n) is 4.94. The van der Waals surface area contributed by atoms with E-state index in [0.717, 1.165) is 5.56 Å². The maximum atomic E-state index is 11.7. The molecule has 2 aromatic rings. The highest BCUT2D eigenvalue weighted by molar-refractivity contribution is 8.13. The van der Waals surface area contributed by atoms with Gasteiger partial charge in [-0.1, -0.05) is 43.1 Å². The van der Waals surface area contributed by atoms with Crippen molar-refractivity contribution in [1.29, 1.82) is 0 Å². The summed E-state index contributed by atoms with van der Waals surface area (Å²) in [6.45, 7) is 5.50. The van der Waals surface area contributed by atoms with Gasteiger partial charge in [-0.15, -0.1) is 0 Å². The van der Waals surface area contributed by atoms with E-state index < -0.39 is 9.05 Å². The van der Waals surface area contributed by atoms with E-state index in [1.165, 1.54) is 4.68 Å². The first-order chi connectivity index (χ1) is 9.62. The minimum atomic E-state index is -3.99. The summed E-state index contributed by atoms with van der Waals surface area (Å²) in [5.41, 5.74) is 1.80. The Morgan fingerprint density at radius 2 is 1.86 bits per heavy atom. The zero-order valence-electron chi connectivity index (χ0n) is 11.6. The van der Waals surface area contributed by atoms with Crippen molar-refractivity contribution in [2.45, 2.75) is 31.6 Å². The molecule has 1 aromatic carbocycles. The second-order valence-corrected chi connectivity index (χ2v) is 8.21. The molecule has 0 amide bonds. The number of aryl methyl sites for hydroxylation is 1. The summed E-state index contributed by atoms with van der Waals surface area (Å²) in [5.74, 6) is -0.145. The first-order valence-electron chi connectivity index (χ1n) is 6.12. The standard InChI is InChI=1S/C13H13Cl3N2O2S/c1-7(2)11-12(21(16,19)20)13(15)18(17-11)9-5-4-8(3)10(14)6-9/h4-7H,1-3H3. The molecule has 4 nitrogen and oxygen atoms in total. The van der Waals surface area contributed by atoms with E-state index in [-0.39, 0.29) is 16.0 Å². The van der Waals surface area contributed by atoms with Crippen LogP contribution in [-0.2, 0) is 9.05 Å². The molecule has 1 aromatic heterocycles. The number of benzene rings is 1. The largest absolute Gasteiger partial charge is 0.266 e. The van der Waals surface area contributed by atoms with Gasteiger partial charge in [-0.2, -0.15) is 5.10 Å². The van der Waals surface area contributed by atoms with Gasteiger partial charge in [0.1, 0.15) is 4.90 Å². The fraction of sp³-hybridized carbons (Fsp3) is 0.308. The third-order valence-electron chi connectivity index (χ3n) is 3.00. The van der Waals surface area contributed by atoms with Crippen LogP contribution in [0.5, 0.6) is 0 Å². The Hall–Kier alpha value is -0.750. The maximum absolute atomic E-state index is 11.7. The first kappa shape index (κ1) is 16.6. The molecule has 1 heterocycles. The van der Waals surface area contributed by atoms with E-state index in [1.807, 2.05) is 20.8 Å². The number of aromatic nitrogens is 2. The molecule has 8 heteroatoms. The van der Waals surface area contributed by atoms with Gasteiger partial charge in [0.2, 0.25) is 0 Å². The summed E-state index contributed by atoms with van der Waals surface area (Å²) >= 11 is 12.3. The summed E-state index contributed by atoms with van der Waals surface area (Å²) in [6.07, 6.45) is 0. The van der Waals surface area contributed by atoms with Crippen LogP contribution >= 0.6 is 33.9 Å². The van der Waals surface area contributed by atoms with Gasteiger partial charge in [0.15, 0.2) is 5.15 Å². The summed E-state index contributed by atoms with van der Waals surface area (Å²) in [4.78, 5) is -0.155. The van der Waals surface area contributed by atoms with Gasteiger partial charge in [0, 0.05) is 15.7 Å². The molecule has 0 spiro atoms. The number of nitrogens with zero attached hydrogens (tertiary/aromatic N) is 2. The third kappa shape index (κ3) is 3.21. The topological polar surface area (TPSA) is 52.0 Å². The molecule has 0 bridgehead atoms. The average Bonchev–Trinajstić information content (AvgIpc) is 2.70. The normalized spacial score (nSPS) is 12.1. The lowest BCUT2D eigenvalue weighted by atomic mass is 10.1. The Labute approximate surface area is 138 Å². The molecule has 0 radical (unpaired) electrons. The average molecular weight is 368 g/mol. The summed E-state index contributed by atoms with van der Waals surface area (Å²) in [7, 11) is 1.49. The van der Waals surface area contributed by atoms with Crippen LogP contribution in [0.15, 0.2) is 23.1 Å². The zero-order chi connectivity index (χ0) is 15.9. The van der Waals surface area contributed by atoms with Gasteiger partial charge in [0.25, 0.3) is 9.05 Å². The van der Waals surface area contributed by atoms with Crippen LogP contribution in [0.3, 0.4) is 0 Å². The van der Waals surface area contributed by atoms with E-state index in [4.69, 9.17) is 33.9 Å². The molecular formula is C13H13Cl3N2O2S. The van der Waals surface area contributed by atoms with E-state index in [2.05, 4.69) is 5.10 Å². The van der Waals surface area contributed by atoms with Crippen molar-refractivity contribution in [2.24, 2.45) is 0 Å². The SMILES string of the molecule is Cc1ccc(-n2nc(C(C)C)c(S(=O)(=O)Cl)c2Cl)cc1Cl. The van der Waals surface area contributed by atoms with Crippen LogP contribution in [0.4, 0.5) is 0 Å². The van der Waals surface area contributed by atoms with Gasteiger partial charge in [-0.3, -0.25) is 0 Å². The lowest BCUT2D eigenvalue weighted by molar-refractivity contribution is 0.607. The molecule has 0 unspecified atom stereocenters. The Kier molecular flexibility index (Phi) is 4.59. The number of rotatable bonds is 3. The molecule has 0 saturated carbocycles. The van der Waals surface area contributed by atoms with E-state index in [1.54, 1.807) is 18.2 Å². The van der Waals surface area contributed by atoms with Gasteiger partial charge in [-0.05, 0) is 30.5 Å². The molecule has 0 fully saturated rings. The van der Waals surface area contributed by atoms with E-state index in [0.29, 0.717) is 16.4 Å². The van der Waals surface area contributed by atoms with E-state index >= 15 is 0 Å². The van der Waals surface area contributed by atoms with Gasteiger partial charge in [-0.25, -0.2) is 13.1 Å². The number of halogens is 3. The number of hydrogen-bond donors (Lipinski definition) is 0. The molecule has 0 saturated heterocycles. The quantitative estimate of drug-likeness (QED) is 0.748. The van der Waals surface area contributed by atoms with Crippen molar-refractivity contribution in [1.82, 2.24) is 9.78 Å². The molecular weight excluding hydrogens is 355 g/mol. The fourth-order valence-electron chi connectivity index (χ4n) is 1.89. The van der Waals surface area contributed by atoms with Crippen LogP contribution in [0.2, 0.25) is 10.2 Å². The predicted molar refractivity (Wildman–Crippen MR) is 85.4 cm³/mol. The van der Waals surface area contributed by atoms with Gasteiger partial charge in [0.05, 0.1) is 11.4 Å². The van der Waals surface area contributed by atoms with Crippen molar-refractivity contribution in [3.63, 3.8) is 0 Å². The van der Waals surface area contributed by atoms with Crippen LogP contribution < -0.4 is 0 Å². The maximum Gasteiger partial charge on any atom is 0.266 e. The van der Waals surface area contributed by atoms with E-state index in [9.17, 15) is 8.42 Å². The zero-order valence-corrected chi connectivity index (χ0v) is 14.6. The van der Waals surface area contributed by atoms with Crippen LogP contribution in [0, 0.1) is 6.92 Å². The summed E-state index contributed by atoms with van der Waals surface area (Å²) in [6, 6.07) is 5.24. The van der Waals surface area contributed by atoms with Crippen LogP contribution in [-0.4, -0.2) is 18.2 Å². The predicted octanol–water partition coefficient (Wildman–Crippen LogP) is 4.54. The lowest BCUT2D eigenvalue weighted by Crippen LogP contribution is -1.99. The number of hydrogen-bond acceptors (Lipinski definition) is 3. The Bertz CT molecular complexity index is 798. The molecule has 0 aliphatic heterocycles. The molecule has 0 atom stereocenters. The molecule has 21 heavy (non-hydrogen) atoms. The fourth-order valence-corrected chi connectivity index (χ4v) is 3.99. The molecule has 2 rings (SSSR count). The van der Waals surface area contributed by atoms with Crippen molar-refractivity contribution >= 4 is 42.9 Å². The highest BCUT2D eigenvalue weighted by Crippen LogP contribution is 2.34. The second kappa shape index (κ2) is 5.80.